The highest BCUT2D eigenvalue weighted by Crippen LogP contribution is 2.37. The summed E-state index contributed by atoms with van der Waals surface area (Å²) >= 11 is 0. The van der Waals surface area contributed by atoms with Gasteiger partial charge in [-0.2, -0.15) is 5.10 Å². The zero-order chi connectivity index (χ0) is 20.1. The number of nitrogens with one attached hydrogen (secondary N) is 1. The Kier molecular flexibility index (Phi) is 3.97. The molecule has 0 aliphatic carbocycles. The standard InChI is InChI=1S/C20H18F2N6O/c1-26-11-15(20(29)25-26)14-10-23-28-8-6-18(24-19(14)28)27-7-2-3-17(27)13-9-12(21)4-5-16(13)22/h4-6,8-11,17H,2-3,7H2,1H3,(H,25,29). The number of aromatic amines is 1. The molecule has 3 aromatic heterocycles. The average Bonchev–Trinajstić information content (AvgIpc) is 3.41. The maximum atomic E-state index is 14.4. The number of aryl methyl sites for hydroxylation is 1. The molecule has 1 aliphatic rings. The topological polar surface area (TPSA) is 71.2 Å². The molecule has 5 rings (SSSR count). The van der Waals surface area contributed by atoms with Gasteiger partial charge < -0.3 is 4.90 Å². The van der Waals surface area contributed by atoms with E-state index in [1.165, 1.54) is 6.07 Å². The van der Waals surface area contributed by atoms with Crippen molar-refractivity contribution in [3.63, 3.8) is 0 Å². The van der Waals surface area contributed by atoms with Gasteiger partial charge >= 0.3 is 0 Å². The van der Waals surface area contributed by atoms with E-state index in [2.05, 4.69) is 10.2 Å². The normalized spacial score (nSPS) is 16.8. The van der Waals surface area contributed by atoms with E-state index in [1.54, 1.807) is 40.9 Å². The van der Waals surface area contributed by atoms with Crippen LogP contribution < -0.4 is 10.5 Å². The monoisotopic (exact) mass is 396 g/mol. The van der Waals surface area contributed by atoms with E-state index >= 15 is 0 Å². The van der Waals surface area contributed by atoms with Gasteiger partial charge in [0.2, 0.25) is 0 Å². The lowest BCUT2D eigenvalue weighted by molar-refractivity contribution is 0.560. The second-order valence-electron chi connectivity index (χ2n) is 7.22. The van der Waals surface area contributed by atoms with Gasteiger partial charge in [0.1, 0.15) is 17.5 Å². The van der Waals surface area contributed by atoms with Crippen LogP contribution in [0.1, 0.15) is 24.4 Å². The van der Waals surface area contributed by atoms with E-state index in [4.69, 9.17) is 4.98 Å². The third-order valence-corrected chi connectivity index (χ3v) is 5.35. The van der Waals surface area contributed by atoms with Crippen molar-refractivity contribution in [2.45, 2.75) is 18.9 Å². The number of H-pyrrole nitrogens is 1. The number of nitrogens with zero attached hydrogens (tertiary/aromatic N) is 5. The third-order valence-electron chi connectivity index (χ3n) is 5.35. The first kappa shape index (κ1) is 17.6. The van der Waals surface area contributed by atoms with Crippen LogP contribution in [0, 0.1) is 11.6 Å². The molecule has 7 nitrogen and oxygen atoms in total. The molecule has 0 amide bonds. The van der Waals surface area contributed by atoms with E-state index < -0.39 is 11.6 Å². The Labute approximate surface area is 164 Å². The fourth-order valence-electron chi connectivity index (χ4n) is 4.04. The quantitative estimate of drug-likeness (QED) is 0.578. The van der Waals surface area contributed by atoms with Gasteiger partial charge in [-0.3, -0.25) is 14.6 Å². The SMILES string of the molecule is Cn1cc(-c2cnn3ccc(N4CCCC4c4cc(F)ccc4F)nc23)c(=O)[nH]1. The molecule has 1 unspecified atom stereocenters. The van der Waals surface area contributed by atoms with E-state index in [9.17, 15) is 13.6 Å². The number of rotatable bonds is 3. The molecule has 1 fully saturated rings. The molecule has 0 saturated carbocycles. The lowest BCUT2D eigenvalue weighted by Crippen LogP contribution is -2.24. The summed E-state index contributed by atoms with van der Waals surface area (Å²) in [6, 6.07) is 5.04. The number of halogens is 2. The predicted octanol–water partition coefficient (Wildman–Crippen LogP) is 3.04. The molecule has 4 aromatic rings. The number of hydrogen-bond acceptors (Lipinski definition) is 4. The summed E-state index contributed by atoms with van der Waals surface area (Å²) in [6.07, 6.45) is 6.60. The molecule has 0 radical (unpaired) electrons. The minimum atomic E-state index is -0.460. The first-order valence-corrected chi connectivity index (χ1v) is 9.33. The molecule has 0 bridgehead atoms. The van der Waals surface area contributed by atoms with Crippen LogP contribution in [-0.2, 0) is 7.05 Å². The number of fused-ring (bicyclic) bond motifs is 1. The van der Waals surface area contributed by atoms with Crippen molar-refractivity contribution in [2.75, 3.05) is 11.4 Å². The number of benzene rings is 1. The molecule has 0 spiro atoms. The molecule has 1 N–H and O–H groups in total. The van der Waals surface area contributed by atoms with Crippen LogP contribution in [-0.4, -0.2) is 30.9 Å². The maximum absolute atomic E-state index is 14.4. The van der Waals surface area contributed by atoms with Crippen molar-refractivity contribution in [1.29, 1.82) is 0 Å². The largest absolute Gasteiger partial charge is 0.349 e. The predicted molar refractivity (Wildman–Crippen MR) is 104 cm³/mol. The summed E-state index contributed by atoms with van der Waals surface area (Å²) in [5.41, 5.74) is 1.72. The van der Waals surface area contributed by atoms with Crippen molar-refractivity contribution in [1.82, 2.24) is 24.4 Å². The summed E-state index contributed by atoms with van der Waals surface area (Å²) in [6.45, 7) is 0.680. The molecule has 1 atom stereocenters. The fourth-order valence-corrected chi connectivity index (χ4v) is 4.04. The summed E-state index contributed by atoms with van der Waals surface area (Å²) in [5.74, 6) is -0.249. The molecular weight excluding hydrogens is 378 g/mol. The van der Waals surface area contributed by atoms with Gasteiger partial charge in [-0.15, -0.1) is 0 Å². The van der Waals surface area contributed by atoms with Crippen molar-refractivity contribution in [3.8, 4) is 11.1 Å². The zero-order valence-corrected chi connectivity index (χ0v) is 15.6. The Morgan fingerprint density at radius 3 is 2.86 bits per heavy atom. The Morgan fingerprint density at radius 1 is 1.21 bits per heavy atom. The zero-order valence-electron chi connectivity index (χ0n) is 15.6. The second-order valence-corrected chi connectivity index (χ2v) is 7.22. The van der Waals surface area contributed by atoms with Gasteiger partial charge in [0.15, 0.2) is 5.65 Å². The average molecular weight is 396 g/mol. The molecule has 29 heavy (non-hydrogen) atoms. The number of hydrogen-bond donors (Lipinski definition) is 1. The summed E-state index contributed by atoms with van der Waals surface area (Å²) in [4.78, 5) is 18.9. The summed E-state index contributed by atoms with van der Waals surface area (Å²) in [5, 5.41) is 6.96. The Balaban J connectivity index is 1.60. The van der Waals surface area contributed by atoms with Gasteiger partial charge in [-0.1, -0.05) is 0 Å². The van der Waals surface area contributed by atoms with Crippen LogP contribution in [0.3, 0.4) is 0 Å². The van der Waals surface area contributed by atoms with Crippen LogP contribution in [0.5, 0.6) is 0 Å². The van der Waals surface area contributed by atoms with Crippen molar-refractivity contribution in [2.24, 2.45) is 7.05 Å². The van der Waals surface area contributed by atoms with Crippen LogP contribution >= 0.6 is 0 Å². The van der Waals surface area contributed by atoms with E-state index in [0.717, 1.165) is 18.6 Å². The van der Waals surface area contributed by atoms with Gasteiger partial charge in [-0.05, 0) is 37.1 Å². The van der Waals surface area contributed by atoms with E-state index in [-0.39, 0.29) is 11.6 Å². The highest BCUT2D eigenvalue weighted by atomic mass is 19.1. The van der Waals surface area contributed by atoms with Crippen LogP contribution in [0.25, 0.3) is 16.8 Å². The molecule has 1 aromatic carbocycles. The Bertz CT molecular complexity index is 1270. The molecule has 1 aliphatic heterocycles. The number of aromatic nitrogens is 5. The van der Waals surface area contributed by atoms with Crippen molar-refractivity contribution < 1.29 is 8.78 Å². The van der Waals surface area contributed by atoms with Crippen molar-refractivity contribution >= 4 is 11.5 Å². The Hall–Kier alpha value is -3.49. The molecule has 148 valence electrons. The molecular formula is C20H18F2N6O. The molecule has 4 heterocycles. The van der Waals surface area contributed by atoms with Gasteiger partial charge in [-0.25, -0.2) is 18.3 Å². The second kappa shape index (κ2) is 6.54. The van der Waals surface area contributed by atoms with Crippen molar-refractivity contribution in [3.05, 3.63) is 70.4 Å². The molecule has 1 saturated heterocycles. The van der Waals surface area contributed by atoms with E-state index in [1.807, 2.05) is 4.90 Å². The van der Waals surface area contributed by atoms with Crippen LogP contribution in [0.15, 0.2) is 47.7 Å². The fraction of sp³-hybridized carbons (Fsp3) is 0.250. The van der Waals surface area contributed by atoms with Gasteiger partial charge in [0, 0.05) is 31.5 Å². The smallest absolute Gasteiger partial charge is 0.272 e. The summed E-state index contributed by atoms with van der Waals surface area (Å²) in [7, 11) is 1.73. The first-order valence-electron chi connectivity index (χ1n) is 9.33. The van der Waals surface area contributed by atoms with Crippen LogP contribution in [0.4, 0.5) is 14.6 Å². The first-order chi connectivity index (χ1) is 14.0. The number of anilines is 1. The van der Waals surface area contributed by atoms with Gasteiger partial charge in [0.25, 0.3) is 5.56 Å². The maximum Gasteiger partial charge on any atom is 0.272 e. The minimum Gasteiger partial charge on any atom is -0.349 e. The Morgan fingerprint density at radius 2 is 2.07 bits per heavy atom. The van der Waals surface area contributed by atoms with Crippen LogP contribution in [0.2, 0.25) is 0 Å². The van der Waals surface area contributed by atoms with E-state index in [0.29, 0.717) is 41.1 Å². The highest BCUT2D eigenvalue weighted by Gasteiger charge is 2.30. The third kappa shape index (κ3) is 2.89. The van der Waals surface area contributed by atoms with Gasteiger partial charge in [0.05, 0.1) is 23.4 Å². The lowest BCUT2D eigenvalue weighted by Gasteiger charge is -2.26. The molecule has 9 heteroatoms. The highest BCUT2D eigenvalue weighted by molar-refractivity contribution is 5.77. The lowest BCUT2D eigenvalue weighted by atomic mass is 10.0. The minimum absolute atomic E-state index is 0.226. The summed E-state index contributed by atoms with van der Waals surface area (Å²) < 4.78 is 31.3.